The third-order valence-corrected chi connectivity index (χ3v) is 7.62. The third-order valence-electron chi connectivity index (χ3n) is 6.82. The van der Waals surface area contributed by atoms with E-state index < -0.39 is 23.0 Å². The number of fused-ring (bicyclic) bond motifs is 1. The Hall–Kier alpha value is -3.28. The fourth-order valence-electron chi connectivity index (χ4n) is 4.60. The number of aromatic nitrogens is 1. The number of aryl methyl sites for hydroxylation is 1. The summed E-state index contributed by atoms with van der Waals surface area (Å²) in [6.45, 7) is 2.25. The summed E-state index contributed by atoms with van der Waals surface area (Å²) in [5.74, 6) is -0.581. The molecule has 38 heavy (non-hydrogen) atoms. The minimum absolute atomic E-state index is 0.0624. The third kappa shape index (κ3) is 6.40. The fourth-order valence-corrected chi connectivity index (χ4v) is 5.15. The summed E-state index contributed by atoms with van der Waals surface area (Å²) in [5.41, 5.74) is 4.03. The summed E-state index contributed by atoms with van der Waals surface area (Å²) in [5, 5.41) is 12.3. The number of furan rings is 1. The van der Waals surface area contributed by atoms with Crippen molar-refractivity contribution in [3.8, 4) is 11.3 Å². The lowest BCUT2D eigenvalue weighted by molar-refractivity contribution is -0.139. The Balaban J connectivity index is 1.67. The molecule has 1 fully saturated rings. The molecule has 2 N–H and O–H groups in total. The Morgan fingerprint density at radius 2 is 1.97 bits per heavy atom. The molecule has 2 aromatic heterocycles. The van der Waals surface area contributed by atoms with Crippen LogP contribution in [0.25, 0.3) is 22.4 Å². The van der Waals surface area contributed by atoms with Crippen molar-refractivity contribution in [2.24, 2.45) is 0 Å². The molecular formula is C27H33N3O7S. The molecule has 1 saturated carbocycles. The number of hydrogen-bond donors (Lipinski definition) is 3. The molecule has 1 aliphatic rings. The quantitative estimate of drug-likeness (QED) is 0.278. The number of thiol groups is 1. The molecule has 0 saturated heterocycles. The van der Waals surface area contributed by atoms with Gasteiger partial charge in [-0.1, -0.05) is 29.8 Å². The topological polar surface area (TPSA) is 139 Å². The highest BCUT2D eigenvalue weighted by Gasteiger charge is 2.31. The van der Waals surface area contributed by atoms with Gasteiger partial charge in [0.25, 0.3) is 5.91 Å². The maximum atomic E-state index is 12.9. The Labute approximate surface area is 223 Å². The number of nitrogens with zero attached hydrogens (tertiary/aromatic N) is 2. The molecule has 1 unspecified atom stereocenters. The monoisotopic (exact) mass is 543 g/mol. The van der Waals surface area contributed by atoms with Crippen molar-refractivity contribution >= 4 is 33.9 Å². The SMILES string of the molecule is CNC(=O)c1c(-c2ccc(C)cc2)oc2nc(CN(CCCC(CC(=O)O)OC)[SH](=O)=O)c(C3CC3)cc12. The van der Waals surface area contributed by atoms with Gasteiger partial charge in [-0.05, 0) is 50.2 Å². The minimum atomic E-state index is -2.91. The van der Waals surface area contributed by atoms with E-state index in [1.165, 1.54) is 11.4 Å². The van der Waals surface area contributed by atoms with Crippen LogP contribution in [0.4, 0.5) is 0 Å². The lowest BCUT2D eigenvalue weighted by Gasteiger charge is -2.18. The number of benzene rings is 1. The first-order valence-electron chi connectivity index (χ1n) is 12.6. The molecule has 10 nitrogen and oxygen atoms in total. The van der Waals surface area contributed by atoms with Crippen LogP contribution in [0.3, 0.4) is 0 Å². The van der Waals surface area contributed by atoms with Crippen molar-refractivity contribution in [3.05, 3.63) is 52.7 Å². The molecule has 2 heterocycles. The van der Waals surface area contributed by atoms with Crippen LogP contribution in [-0.4, -0.2) is 61.5 Å². The van der Waals surface area contributed by atoms with Gasteiger partial charge in [0.05, 0.1) is 35.7 Å². The predicted molar refractivity (Wildman–Crippen MR) is 143 cm³/mol. The number of pyridine rings is 1. The van der Waals surface area contributed by atoms with E-state index >= 15 is 0 Å². The van der Waals surface area contributed by atoms with Gasteiger partial charge in [0.15, 0.2) is 0 Å². The number of ether oxygens (including phenoxy) is 1. The molecule has 0 radical (unpaired) electrons. The lowest BCUT2D eigenvalue weighted by atomic mass is 10.0. The van der Waals surface area contributed by atoms with E-state index in [4.69, 9.17) is 19.2 Å². The molecule has 1 amide bonds. The molecule has 204 valence electrons. The predicted octanol–water partition coefficient (Wildman–Crippen LogP) is 3.64. The van der Waals surface area contributed by atoms with Gasteiger partial charge in [0.2, 0.25) is 16.6 Å². The number of aliphatic carboxylic acids is 1. The van der Waals surface area contributed by atoms with E-state index in [9.17, 15) is 18.0 Å². The lowest BCUT2D eigenvalue weighted by Crippen LogP contribution is -2.25. The zero-order valence-electron chi connectivity index (χ0n) is 21.7. The number of rotatable bonds is 13. The van der Waals surface area contributed by atoms with Gasteiger partial charge >= 0.3 is 5.97 Å². The van der Waals surface area contributed by atoms with Crippen LogP contribution in [0.1, 0.15) is 65.2 Å². The van der Waals surface area contributed by atoms with Crippen molar-refractivity contribution in [2.45, 2.75) is 57.6 Å². The van der Waals surface area contributed by atoms with Gasteiger partial charge in [0, 0.05) is 26.3 Å². The van der Waals surface area contributed by atoms with Gasteiger partial charge in [-0.25, -0.2) is 13.4 Å². The van der Waals surface area contributed by atoms with E-state index in [0.29, 0.717) is 35.2 Å². The molecule has 3 aromatic rings. The standard InChI is InChI=1S/C27H33N3O7S/c1-16-6-8-18(9-7-16)25-24(26(33)28-2)21-14-20(17-10-11-17)22(29-27(21)37-25)15-30(38(34)35)12-4-5-19(36-3)13-23(31)32/h6-9,14,17,19,38H,4-5,10-13,15H2,1-3H3,(H,28,33)(H,31,32). The zero-order chi connectivity index (χ0) is 27.4. The first-order chi connectivity index (χ1) is 18.2. The van der Waals surface area contributed by atoms with Gasteiger partial charge in [0.1, 0.15) is 5.76 Å². The maximum Gasteiger partial charge on any atom is 0.305 e. The van der Waals surface area contributed by atoms with Crippen LogP contribution in [-0.2, 0) is 27.0 Å². The number of carbonyl (C=O) groups excluding carboxylic acids is 1. The number of amides is 1. The van der Waals surface area contributed by atoms with Crippen molar-refractivity contribution in [2.75, 3.05) is 20.7 Å². The summed E-state index contributed by atoms with van der Waals surface area (Å²) in [4.78, 5) is 28.7. The number of methoxy groups -OCH3 is 1. The minimum Gasteiger partial charge on any atom is -0.481 e. The Morgan fingerprint density at radius 1 is 1.26 bits per heavy atom. The van der Waals surface area contributed by atoms with Gasteiger partial charge in [-0.2, -0.15) is 4.31 Å². The Morgan fingerprint density at radius 3 is 2.55 bits per heavy atom. The number of carboxylic acid groups (broad SMARTS) is 1. The van der Waals surface area contributed by atoms with Crippen LogP contribution < -0.4 is 5.32 Å². The second kappa shape index (κ2) is 12.1. The highest BCUT2D eigenvalue weighted by Crippen LogP contribution is 2.44. The second-order valence-corrected chi connectivity index (χ2v) is 10.7. The fraction of sp³-hybridized carbons (Fsp3) is 0.444. The number of carboxylic acids is 1. The number of carbonyl (C=O) groups is 2. The van der Waals surface area contributed by atoms with Crippen molar-refractivity contribution in [3.63, 3.8) is 0 Å². The van der Waals surface area contributed by atoms with Gasteiger partial charge in [-0.3, -0.25) is 9.59 Å². The normalized spacial score (nSPS) is 14.3. The molecule has 4 rings (SSSR count). The van der Waals surface area contributed by atoms with E-state index in [1.807, 2.05) is 37.3 Å². The Bertz CT molecular complexity index is 1390. The van der Waals surface area contributed by atoms with Crippen LogP contribution in [0, 0.1) is 6.92 Å². The summed E-state index contributed by atoms with van der Waals surface area (Å²) in [6, 6.07) is 9.59. The summed E-state index contributed by atoms with van der Waals surface area (Å²) < 4.78 is 36.9. The number of hydrogen-bond acceptors (Lipinski definition) is 7. The average Bonchev–Trinajstić information content (AvgIpc) is 3.67. The van der Waals surface area contributed by atoms with Crippen LogP contribution in [0.5, 0.6) is 0 Å². The first kappa shape index (κ1) is 27.7. The summed E-state index contributed by atoms with van der Waals surface area (Å²) in [6.07, 6.45) is 2.16. The van der Waals surface area contributed by atoms with E-state index in [0.717, 1.165) is 29.5 Å². The average molecular weight is 544 g/mol. The van der Waals surface area contributed by atoms with E-state index in [-0.39, 0.29) is 37.0 Å². The molecular weight excluding hydrogens is 510 g/mol. The van der Waals surface area contributed by atoms with Crippen LogP contribution in [0.15, 0.2) is 34.7 Å². The largest absolute Gasteiger partial charge is 0.481 e. The molecule has 0 aliphatic heterocycles. The van der Waals surface area contributed by atoms with E-state index in [2.05, 4.69) is 5.32 Å². The van der Waals surface area contributed by atoms with E-state index in [1.54, 1.807) is 7.05 Å². The molecule has 0 bridgehead atoms. The zero-order valence-corrected chi connectivity index (χ0v) is 22.6. The van der Waals surface area contributed by atoms with Crippen molar-refractivity contribution in [1.82, 2.24) is 14.6 Å². The molecule has 11 heteroatoms. The van der Waals surface area contributed by atoms with Crippen molar-refractivity contribution in [1.29, 1.82) is 0 Å². The Kier molecular flexibility index (Phi) is 8.80. The van der Waals surface area contributed by atoms with Gasteiger partial charge < -0.3 is 19.6 Å². The molecule has 1 atom stereocenters. The van der Waals surface area contributed by atoms with Gasteiger partial charge in [-0.15, -0.1) is 0 Å². The summed E-state index contributed by atoms with van der Waals surface area (Å²) >= 11 is 0. The molecule has 1 aromatic carbocycles. The molecule has 1 aliphatic carbocycles. The summed E-state index contributed by atoms with van der Waals surface area (Å²) in [7, 11) is 0.107. The molecule has 0 spiro atoms. The number of nitrogens with one attached hydrogen (secondary N) is 1. The van der Waals surface area contributed by atoms with Crippen molar-refractivity contribution < 1.29 is 32.3 Å². The van der Waals surface area contributed by atoms with Crippen LogP contribution in [0.2, 0.25) is 0 Å². The van der Waals surface area contributed by atoms with Crippen LogP contribution >= 0.6 is 0 Å². The first-order valence-corrected chi connectivity index (χ1v) is 13.7. The maximum absolute atomic E-state index is 12.9. The smallest absolute Gasteiger partial charge is 0.305 e. The second-order valence-electron chi connectivity index (χ2n) is 9.63. The highest BCUT2D eigenvalue weighted by molar-refractivity contribution is 7.69. The highest BCUT2D eigenvalue weighted by atomic mass is 32.2.